The van der Waals surface area contributed by atoms with Gasteiger partial charge in [0.25, 0.3) is 6.01 Å². The van der Waals surface area contributed by atoms with Crippen LogP contribution in [0.4, 0.5) is 6.01 Å². The molecule has 0 amide bonds. The molecule has 1 aliphatic rings. The minimum Gasteiger partial charge on any atom is -0.423 e. The zero-order chi connectivity index (χ0) is 14.2. The molecule has 6 heteroatoms. The van der Waals surface area contributed by atoms with Crippen LogP contribution in [0.1, 0.15) is 24.6 Å². The summed E-state index contributed by atoms with van der Waals surface area (Å²) >= 11 is 3.46. The highest BCUT2D eigenvalue weighted by Gasteiger charge is 2.24. The molecule has 3 aromatic rings. The summed E-state index contributed by atoms with van der Waals surface area (Å²) in [6.07, 6.45) is 5.84. The summed E-state index contributed by atoms with van der Waals surface area (Å²) in [5.74, 6) is 1.60. The first-order chi connectivity index (χ1) is 10.3. The van der Waals surface area contributed by atoms with Gasteiger partial charge in [-0.1, -0.05) is 15.9 Å². The largest absolute Gasteiger partial charge is 0.423 e. The van der Waals surface area contributed by atoms with E-state index < -0.39 is 0 Å². The van der Waals surface area contributed by atoms with Crippen molar-refractivity contribution in [3.63, 3.8) is 0 Å². The van der Waals surface area contributed by atoms with Crippen molar-refractivity contribution in [3.8, 4) is 0 Å². The molecule has 3 heterocycles. The number of oxazole rings is 1. The van der Waals surface area contributed by atoms with Gasteiger partial charge in [-0.15, -0.1) is 0 Å². The first-order valence-electron chi connectivity index (χ1n) is 7.10. The van der Waals surface area contributed by atoms with E-state index in [0.717, 1.165) is 53.3 Å². The molecule has 1 saturated heterocycles. The molecule has 1 fully saturated rings. The number of nitrogens with zero attached hydrogens (tertiary/aromatic N) is 3. The number of rotatable bonds is 2. The van der Waals surface area contributed by atoms with Crippen LogP contribution in [-0.4, -0.2) is 28.0 Å². The quantitative estimate of drug-likeness (QED) is 0.768. The maximum atomic E-state index is 5.88. The number of benzene rings is 1. The molecule has 0 unspecified atom stereocenters. The molecule has 0 atom stereocenters. The van der Waals surface area contributed by atoms with E-state index in [0.29, 0.717) is 5.92 Å². The molecular weight excluding hydrogens is 332 g/mol. The fraction of sp³-hybridized carbons (Fsp3) is 0.333. The lowest BCUT2D eigenvalue weighted by atomic mass is 9.96. The van der Waals surface area contributed by atoms with Gasteiger partial charge >= 0.3 is 0 Å². The van der Waals surface area contributed by atoms with Crippen molar-refractivity contribution in [2.24, 2.45) is 0 Å². The lowest BCUT2D eigenvalue weighted by Gasteiger charge is -2.29. The van der Waals surface area contributed by atoms with Crippen LogP contribution in [-0.2, 0) is 0 Å². The van der Waals surface area contributed by atoms with Gasteiger partial charge in [0.15, 0.2) is 5.58 Å². The summed E-state index contributed by atoms with van der Waals surface area (Å²) in [7, 11) is 0. The number of imidazole rings is 1. The number of H-pyrrole nitrogens is 1. The van der Waals surface area contributed by atoms with E-state index in [9.17, 15) is 0 Å². The molecule has 1 N–H and O–H groups in total. The first-order valence-corrected chi connectivity index (χ1v) is 7.89. The van der Waals surface area contributed by atoms with Gasteiger partial charge in [-0.05, 0) is 31.0 Å². The molecule has 1 aliphatic heterocycles. The van der Waals surface area contributed by atoms with Crippen molar-refractivity contribution in [3.05, 3.63) is 40.9 Å². The Bertz CT molecular complexity index is 744. The van der Waals surface area contributed by atoms with Crippen LogP contribution < -0.4 is 4.90 Å². The highest BCUT2D eigenvalue weighted by molar-refractivity contribution is 9.10. The molecule has 21 heavy (non-hydrogen) atoms. The normalized spacial score (nSPS) is 16.7. The lowest BCUT2D eigenvalue weighted by Crippen LogP contribution is -2.33. The molecule has 4 rings (SSSR count). The van der Waals surface area contributed by atoms with Crippen molar-refractivity contribution < 1.29 is 4.42 Å². The van der Waals surface area contributed by atoms with Crippen molar-refractivity contribution in [1.82, 2.24) is 15.0 Å². The summed E-state index contributed by atoms with van der Waals surface area (Å²) < 4.78 is 6.88. The van der Waals surface area contributed by atoms with Gasteiger partial charge in [0.1, 0.15) is 11.3 Å². The third-order valence-corrected chi connectivity index (χ3v) is 4.50. The van der Waals surface area contributed by atoms with Crippen LogP contribution in [0.5, 0.6) is 0 Å². The van der Waals surface area contributed by atoms with Crippen molar-refractivity contribution in [2.75, 3.05) is 18.0 Å². The minimum absolute atomic E-state index is 0.509. The highest BCUT2D eigenvalue weighted by Crippen LogP contribution is 2.30. The second-order valence-corrected chi connectivity index (χ2v) is 6.26. The molecule has 5 nitrogen and oxygen atoms in total. The summed E-state index contributed by atoms with van der Waals surface area (Å²) in [6.45, 7) is 1.89. The second kappa shape index (κ2) is 5.18. The summed E-state index contributed by atoms with van der Waals surface area (Å²) in [4.78, 5) is 14.4. The number of piperidine rings is 1. The maximum absolute atomic E-state index is 5.88. The molecule has 0 spiro atoms. The van der Waals surface area contributed by atoms with Crippen LogP contribution in [0.15, 0.2) is 39.5 Å². The Morgan fingerprint density at radius 1 is 1.29 bits per heavy atom. The fourth-order valence-electron chi connectivity index (χ4n) is 2.87. The number of halogens is 1. The summed E-state index contributed by atoms with van der Waals surface area (Å²) in [5, 5.41) is 0. The molecule has 0 radical (unpaired) electrons. The molecule has 2 aromatic heterocycles. The molecule has 0 saturated carbocycles. The number of anilines is 1. The van der Waals surface area contributed by atoms with Gasteiger partial charge in [0.05, 0.1) is 0 Å². The Kier molecular flexibility index (Phi) is 3.18. The fourth-order valence-corrected chi connectivity index (χ4v) is 3.21. The number of hydrogen-bond donors (Lipinski definition) is 1. The first kappa shape index (κ1) is 12.9. The van der Waals surface area contributed by atoms with E-state index in [1.54, 1.807) is 0 Å². The highest BCUT2D eigenvalue weighted by atomic mass is 79.9. The van der Waals surface area contributed by atoms with Crippen molar-refractivity contribution in [1.29, 1.82) is 0 Å². The van der Waals surface area contributed by atoms with Crippen LogP contribution in [0.25, 0.3) is 11.1 Å². The van der Waals surface area contributed by atoms with Crippen LogP contribution in [0.2, 0.25) is 0 Å². The number of fused-ring (bicyclic) bond motifs is 1. The molecule has 0 bridgehead atoms. The van der Waals surface area contributed by atoms with E-state index in [2.05, 4.69) is 35.8 Å². The number of hydrogen-bond acceptors (Lipinski definition) is 4. The van der Waals surface area contributed by atoms with E-state index in [1.165, 1.54) is 0 Å². The summed E-state index contributed by atoms with van der Waals surface area (Å²) in [5.41, 5.74) is 1.73. The zero-order valence-corrected chi connectivity index (χ0v) is 13.0. The molecule has 0 aliphatic carbocycles. The third kappa shape index (κ3) is 2.44. The number of aromatic nitrogens is 3. The van der Waals surface area contributed by atoms with E-state index in [4.69, 9.17) is 4.42 Å². The second-order valence-electron chi connectivity index (χ2n) is 5.34. The van der Waals surface area contributed by atoms with Gasteiger partial charge in [0, 0.05) is 35.9 Å². The minimum atomic E-state index is 0.509. The average Bonchev–Trinajstić information content (AvgIpc) is 3.16. The summed E-state index contributed by atoms with van der Waals surface area (Å²) in [6, 6.07) is 6.64. The van der Waals surface area contributed by atoms with Crippen molar-refractivity contribution in [2.45, 2.75) is 18.8 Å². The number of aromatic amines is 1. The predicted molar refractivity (Wildman–Crippen MR) is 84.5 cm³/mol. The van der Waals surface area contributed by atoms with Crippen molar-refractivity contribution >= 4 is 33.0 Å². The Labute approximate surface area is 130 Å². The third-order valence-electron chi connectivity index (χ3n) is 4.01. The van der Waals surface area contributed by atoms with Gasteiger partial charge in [-0.2, -0.15) is 4.98 Å². The predicted octanol–water partition coefficient (Wildman–Crippen LogP) is 3.70. The molecular formula is C15H15BrN4O. The smallest absolute Gasteiger partial charge is 0.298 e. The van der Waals surface area contributed by atoms with Gasteiger partial charge in [-0.25, -0.2) is 4.98 Å². The standard InChI is InChI=1S/C15H15BrN4O/c16-11-1-2-12-13(9-11)21-15(19-12)20-7-3-10(4-8-20)14-17-5-6-18-14/h1-2,5-6,9-10H,3-4,7-8H2,(H,17,18). The van der Waals surface area contributed by atoms with E-state index in [-0.39, 0.29) is 0 Å². The lowest BCUT2D eigenvalue weighted by molar-refractivity contribution is 0.457. The Balaban J connectivity index is 1.52. The molecule has 108 valence electrons. The SMILES string of the molecule is Brc1ccc2nc(N3CCC(c4ncc[nH]4)CC3)oc2c1. The topological polar surface area (TPSA) is 58.0 Å². The average molecular weight is 347 g/mol. The Morgan fingerprint density at radius 3 is 2.90 bits per heavy atom. The number of nitrogens with one attached hydrogen (secondary N) is 1. The van der Waals surface area contributed by atoms with E-state index >= 15 is 0 Å². The van der Waals surface area contributed by atoms with Crippen LogP contribution in [0.3, 0.4) is 0 Å². The Hall–Kier alpha value is -1.82. The Morgan fingerprint density at radius 2 is 2.14 bits per heavy atom. The zero-order valence-electron chi connectivity index (χ0n) is 11.4. The monoisotopic (exact) mass is 346 g/mol. The van der Waals surface area contributed by atoms with Gasteiger partial charge in [0.2, 0.25) is 0 Å². The maximum Gasteiger partial charge on any atom is 0.298 e. The van der Waals surface area contributed by atoms with Gasteiger partial charge < -0.3 is 14.3 Å². The molecule has 1 aromatic carbocycles. The van der Waals surface area contributed by atoms with E-state index in [1.807, 2.05) is 30.6 Å². The van der Waals surface area contributed by atoms with Gasteiger partial charge in [-0.3, -0.25) is 0 Å². The van der Waals surface area contributed by atoms with Crippen LogP contribution >= 0.6 is 15.9 Å². The van der Waals surface area contributed by atoms with Crippen LogP contribution in [0, 0.1) is 0 Å².